The van der Waals surface area contributed by atoms with Gasteiger partial charge in [-0.15, -0.1) is 0 Å². The van der Waals surface area contributed by atoms with Crippen LogP contribution in [-0.4, -0.2) is 36.2 Å². The molecule has 118 valence electrons. The second-order valence-electron chi connectivity index (χ2n) is 5.81. The summed E-state index contributed by atoms with van der Waals surface area (Å²) in [5.74, 6) is 1.69. The van der Waals surface area contributed by atoms with E-state index < -0.39 is 0 Å². The van der Waals surface area contributed by atoms with Gasteiger partial charge in [0.1, 0.15) is 12.1 Å². The van der Waals surface area contributed by atoms with Gasteiger partial charge in [-0.1, -0.05) is 25.7 Å². The Balaban J connectivity index is 2.25. The van der Waals surface area contributed by atoms with Gasteiger partial charge in [0.2, 0.25) is 5.88 Å². The summed E-state index contributed by atoms with van der Waals surface area (Å²) in [6.45, 7) is 3.72. The van der Waals surface area contributed by atoms with Gasteiger partial charge in [-0.05, 0) is 32.7 Å². The maximum absolute atomic E-state index is 5.73. The average molecular weight is 292 g/mol. The molecule has 1 saturated carbocycles. The van der Waals surface area contributed by atoms with E-state index in [9.17, 15) is 0 Å². The van der Waals surface area contributed by atoms with E-state index in [0.29, 0.717) is 18.5 Å². The zero-order valence-corrected chi connectivity index (χ0v) is 13.3. The highest BCUT2D eigenvalue weighted by Crippen LogP contribution is 2.30. The Kier molecular flexibility index (Phi) is 6.23. The first kappa shape index (κ1) is 16.0. The largest absolute Gasteiger partial charge is 0.481 e. The molecular formula is C16H28N4O. The Morgan fingerprint density at radius 1 is 1.24 bits per heavy atom. The molecule has 1 fully saturated rings. The molecule has 0 unspecified atom stereocenters. The molecule has 1 heterocycles. The van der Waals surface area contributed by atoms with Gasteiger partial charge in [0.05, 0.1) is 12.7 Å². The Labute approximate surface area is 127 Å². The fourth-order valence-electron chi connectivity index (χ4n) is 3.21. The van der Waals surface area contributed by atoms with Crippen molar-refractivity contribution >= 4 is 5.82 Å². The molecule has 0 bridgehead atoms. The van der Waals surface area contributed by atoms with Crippen molar-refractivity contribution in [3.05, 3.63) is 11.9 Å². The molecular weight excluding hydrogens is 264 g/mol. The number of rotatable bonds is 6. The molecule has 0 aliphatic heterocycles. The third-order valence-corrected chi connectivity index (χ3v) is 4.35. The summed E-state index contributed by atoms with van der Waals surface area (Å²) in [6, 6.07) is 0.567. The van der Waals surface area contributed by atoms with Crippen LogP contribution in [0.1, 0.15) is 50.5 Å². The highest BCUT2D eigenvalue weighted by molar-refractivity contribution is 5.51. The van der Waals surface area contributed by atoms with Gasteiger partial charge < -0.3 is 15.4 Å². The summed E-state index contributed by atoms with van der Waals surface area (Å²) in [6.07, 6.45) is 10.4. The molecule has 2 rings (SSSR count). The van der Waals surface area contributed by atoms with Crippen LogP contribution in [0.5, 0.6) is 5.88 Å². The van der Waals surface area contributed by atoms with E-state index in [4.69, 9.17) is 10.5 Å². The zero-order valence-electron chi connectivity index (χ0n) is 13.3. The summed E-state index contributed by atoms with van der Waals surface area (Å²) >= 11 is 0. The molecule has 1 aliphatic rings. The molecule has 0 atom stereocenters. The van der Waals surface area contributed by atoms with Crippen molar-refractivity contribution in [2.24, 2.45) is 5.73 Å². The van der Waals surface area contributed by atoms with Crippen LogP contribution in [0, 0.1) is 6.92 Å². The number of methoxy groups -OCH3 is 1. The normalized spacial score (nSPS) is 16.5. The summed E-state index contributed by atoms with van der Waals surface area (Å²) in [7, 11) is 1.66. The van der Waals surface area contributed by atoms with Crippen molar-refractivity contribution in [3.63, 3.8) is 0 Å². The SMILES string of the molecule is COc1ncnc(N(CCCN)C2CCCCCC2)c1C. The van der Waals surface area contributed by atoms with Gasteiger partial charge in [-0.3, -0.25) is 0 Å². The second-order valence-corrected chi connectivity index (χ2v) is 5.81. The molecule has 21 heavy (non-hydrogen) atoms. The number of hydrogen-bond donors (Lipinski definition) is 1. The smallest absolute Gasteiger partial charge is 0.221 e. The number of hydrogen-bond acceptors (Lipinski definition) is 5. The molecule has 1 aromatic rings. The third kappa shape index (κ3) is 4.06. The Hall–Kier alpha value is -1.36. The van der Waals surface area contributed by atoms with Crippen LogP contribution in [-0.2, 0) is 0 Å². The minimum absolute atomic E-state index is 0.567. The predicted octanol–water partition coefficient (Wildman–Crippen LogP) is 2.67. The molecule has 2 N–H and O–H groups in total. The molecule has 1 aromatic heterocycles. The van der Waals surface area contributed by atoms with E-state index in [0.717, 1.165) is 24.3 Å². The molecule has 5 heteroatoms. The zero-order chi connectivity index (χ0) is 15.1. The van der Waals surface area contributed by atoms with Crippen molar-refractivity contribution < 1.29 is 4.74 Å². The van der Waals surface area contributed by atoms with Gasteiger partial charge in [-0.25, -0.2) is 9.97 Å². The molecule has 0 radical (unpaired) electrons. The standard InChI is InChI=1S/C16H28N4O/c1-13-15(18-12-19-16(13)21-2)20(11-7-10-17)14-8-5-3-4-6-9-14/h12,14H,3-11,17H2,1-2H3. The van der Waals surface area contributed by atoms with Crippen LogP contribution < -0.4 is 15.4 Å². The predicted molar refractivity (Wildman–Crippen MR) is 85.8 cm³/mol. The molecule has 1 aliphatic carbocycles. The van der Waals surface area contributed by atoms with E-state index in [1.807, 2.05) is 6.92 Å². The van der Waals surface area contributed by atoms with Gasteiger partial charge in [0, 0.05) is 12.6 Å². The summed E-state index contributed by atoms with van der Waals surface area (Å²) in [5, 5.41) is 0. The second kappa shape index (κ2) is 8.17. The number of aromatic nitrogens is 2. The van der Waals surface area contributed by atoms with Gasteiger partial charge in [-0.2, -0.15) is 0 Å². The highest BCUT2D eigenvalue weighted by Gasteiger charge is 2.23. The van der Waals surface area contributed by atoms with Crippen molar-refractivity contribution in [1.29, 1.82) is 0 Å². The van der Waals surface area contributed by atoms with Gasteiger partial charge >= 0.3 is 0 Å². The van der Waals surface area contributed by atoms with E-state index in [-0.39, 0.29) is 0 Å². The van der Waals surface area contributed by atoms with Crippen LogP contribution in [0.25, 0.3) is 0 Å². The maximum Gasteiger partial charge on any atom is 0.221 e. The third-order valence-electron chi connectivity index (χ3n) is 4.35. The lowest BCUT2D eigenvalue weighted by Crippen LogP contribution is -2.38. The number of ether oxygens (including phenoxy) is 1. The van der Waals surface area contributed by atoms with Crippen LogP contribution in [0.3, 0.4) is 0 Å². The van der Waals surface area contributed by atoms with Crippen molar-refractivity contribution in [2.45, 2.75) is 57.9 Å². The van der Waals surface area contributed by atoms with Crippen LogP contribution in [0.2, 0.25) is 0 Å². The fourth-order valence-corrected chi connectivity index (χ4v) is 3.21. The van der Waals surface area contributed by atoms with E-state index in [1.165, 1.54) is 38.5 Å². The molecule has 0 amide bonds. The lowest BCUT2D eigenvalue weighted by atomic mass is 10.1. The summed E-state index contributed by atoms with van der Waals surface area (Å²) < 4.78 is 5.35. The molecule has 0 saturated heterocycles. The van der Waals surface area contributed by atoms with Crippen molar-refractivity contribution in [1.82, 2.24) is 9.97 Å². The van der Waals surface area contributed by atoms with Crippen LogP contribution >= 0.6 is 0 Å². The Bertz CT molecular complexity index is 430. The van der Waals surface area contributed by atoms with Gasteiger partial charge in [0.15, 0.2) is 0 Å². The van der Waals surface area contributed by atoms with E-state index >= 15 is 0 Å². The quantitative estimate of drug-likeness (QED) is 0.817. The minimum Gasteiger partial charge on any atom is -0.481 e. The van der Waals surface area contributed by atoms with Gasteiger partial charge in [0.25, 0.3) is 0 Å². The topological polar surface area (TPSA) is 64.3 Å². The Morgan fingerprint density at radius 2 is 1.95 bits per heavy atom. The number of anilines is 1. The molecule has 0 aromatic carbocycles. The molecule has 0 spiro atoms. The monoisotopic (exact) mass is 292 g/mol. The first-order valence-corrected chi connectivity index (χ1v) is 8.10. The fraction of sp³-hybridized carbons (Fsp3) is 0.750. The highest BCUT2D eigenvalue weighted by atomic mass is 16.5. The van der Waals surface area contributed by atoms with E-state index in [2.05, 4.69) is 14.9 Å². The lowest BCUT2D eigenvalue weighted by Gasteiger charge is -2.33. The first-order chi connectivity index (χ1) is 10.3. The van der Waals surface area contributed by atoms with Crippen LogP contribution in [0.4, 0.5) is 5.82 Å². The summed E-state index contributed by atoms with van der Waals surface area (Å²) in [4.78, 5) is 11.2. The number of nitrogens with zero attached hydrogens (tertiary/aromatic N) is 3. The van der Waals surface area contributed by atoms with E-state index in [1.54, 1.807) is 13.4 Å². The number of nitrogens with two attached hydrogens (primary N) is 1. The van der Waals surface area contributed by atoms with Crippen LogP contribution in [0.15, 0.2) is 6.33 Å². The first-order valence-electron chi connectivity index (χ1n) is 8.10. The van der Waals surface area contributed by atoms with Crippen molar-refractivity contribution in [3.8, 4) is 5.88 Å². The average Bonchev–Trinajstić information content (AvgIpc) is 2.78. The van der Waals surface area contributed by atoms with Crippen molar-refractivity contribution in [2.75, 3.05) is 25.1 Å². The maximum atomic E-state index is 5.73. The summed E-state index contributed by atoms with van der Waals surface area (Å²) in [5.41, 5.74) is 6.75. The lowest BCUT2D eigenvalue weighted by molar-refractivity contribution is 0.392. The Morgan fingerprint density at radius 3 is 2.57 bits per heavy atom. The minimum atomic E-state index is 0.567. The molecule has 5 nitrogen and oxygen atoms in total.